The van der Waals surface area contributed by atoms with E-state index in [4.69, 9.17) is 23.3 Å². The van der Waals surface area contributed by atoms with Crippen molar-refractivity contribution in [3.63, 3.8) is 0 Å². The maximum Gasteiger partial charge on any atom is 0.331 e. The summed E-state index contributed by atoms with van der Waals surface area (Å²) in [6.45, 7) is 7.79. The summed E-state index contributed by atoms with van der Waals surface area (Å²) in [6, 6.07) is 9.99. The van der Waals surface area contributed by atoms with E-state index in [0.717, 1.165) is 5.56 Å². The standard InChI is InChI=1S/C19H31O6P/c1-4-22-19-12-17(15-26(20,23-5-2)24-6-3)18(25-19)14-21-13-16-10-8-7-9-11-16/h7-11,17-19H,4-6,12-15H2,1-3H3/t17-,18-,19?/m1/s1. The van der Waals surface area contributed by atoms with Gasteiger partial charge in [-0.05, 0) is 26.3 Å². The summed E-state index contributed by atoms with van der Waals surface area (Å²) in [5.74, 6) is 0.00579. The van der Waals surface area contributed by atoms with E-state index < -0.39 is 7.60 Å². The molecule has 0 aromatic heterocycles. The Morgan fingerprint density at radius 2 is 1.77 bits per heavy atom. The van der Waals surface area contributed by atoms with E-state index in [1.165, 1.54) is 0 Å². The van der Waals surface area contributed by atoms with Gasteiger partial charge in [0, 0.05) is 18.9 Å². The Morgan fingerprint density at radius 1 is 1.08 bits per heavy atom. The van der Waals surface area contributed by atoms with Crippen molar-refractivity contribution in [1.29, 1.82) is 0 Å². The van der Waals surface area contributed by atoms with Crippen LogP contribution in [0.15, 0.2) is 30.3 Å². The van der Waals surface area contributed by atoms with Crippen molar-refractivity contribution in [1.82, 2.24) is 0 Å². The smallest absolute Gasteiger partial charge is 0.331 e. The molecule has 0 spiro atoms. The van der Waals surface area contributed by atoms with Gasteiger partial charge < -0.3 is 23.3 Å². The van der Waals surface area contributed by atoms with E-state index in [-0.39, 0.29) is 18.3 Å². The molecule has 1 unspecified atom stereocenters. The van der Waals surface area contributed by atoms with Gasteiger partial charge in [-0.2, -0.15) is 0 Å². The molecule has 7 heteroatoms. The van der Waals surface area contributed by atoms with E-state index in [1.54, 1.807) is 0 Å². The van der Waals surface area contributed by atoms with Crippen LogP contribution in [0, 0.1) is 5.92 Å². The van der Waals surface area contributed by atoms with Crippen molar-refractivity contribution in [3.8, 4) is 0 Å². The maximum atomic E-state index is 12.9. The highest BCUT2D eigenvalue weighted by Gasteiger charge is 2.41. The van der Waals surface area contributed by atoms with Crippen LogP contribution >= 0.6 is 7.60 Å². The van der Waals surface area contributed by atoms with Crippen molar-refractivity contribution in [2.75, 3.05) is 32.6 Å². The van der Waals surface area contributed by atoms with Crippen LogP contribution in [0.25, 0.3) is 0 Å². The molecule has 1 aromatic carbocycles. The molecule has 26 heavy (non-hydrogen) atoms. The normalized spacial score (nSPS) is 23.4. The van der Waals surface area contributed by atoms with E-state index in [2.05, 4.69) is 0 Å². The molecule has 0 amide bonds. The largest absolute Gasteiger partial charge is 0.374 e. The third kappa shape index (κ3) is 6.76. The molecule has 0 saturated carbocycles. The quantitative estimate of drug-likeness (QED) is 0.501. The fraction of sp³-hybridized carbons (Fsp3) is 0.684. The van der Waals surface area contributed by atoms with Gasteiger partial charge in [-0.25, -0.2) is 0 Å². The molecule has 1 fully saturated rings. The Bertz CT molecular complexity index is 542. The molecule has 6 nitrogen and oxygen atoms in total. The minimum Gasteiger partial charge on any atom is -0.374 e. The molecule has 0 N–H and O–H groups in total. The summed E-state index contributed by atoms with van der Waals surface area (Å²) < 4.78 is 41.2. The Kier molecular flexibility index (Phi) is 9.26. The molecule has 1 aliphatic heterocycles. The Balaban J connectivity index is 1.95. The fourth-order valence-electron chi connectivity index (χ4n) is 3.11. The first kappa shape index (κ1) is 21.5. The van der Waals surface area contributed by atoms with Crippen molar-refractivity contribution < 1.29 is 27.8 Å². The SMILES string of the molecule is CCOC1C[C@H](CP(=O)(OCC)OCC)[C@@H](COCc2ccccc2)O1. The lowest BCUT2D eigenvalue weighted by molar-refractivity contribution is -0.144. The minimum atomic E-state index is -3.13. The van der Waals surface area contributed by atoms with Crippen molar-refractivity contribution in [2.24, 2.45) is 5.92 Å². The van der Waals surface area contributed by atoms with Crippen LogP contribution < -0.4 is 0 Å². The zero-order valence-corrected chi connectivity index (χ0v) is 16.9. The third-order valence-electron chi connectivity index (χ3n) is 4.20. The summed E-state index contributed by atoms with van der Waals surface area (Å²) in [5, 5.41) is 0. The summed E-state index contributed by atoms with van der Waals surface area (Å²) in [7, 11) is -3.13. The number of ether oxygens (including phenoxy) is 3. The molecule has 148 valence electrons. The zero-order chi connectivity index (χ0) is 18.8. The van der Waals surface area contributed by atoms with Crippen LogP contribution in [0.4, 0.5) is 0 Å². The summed E-state index contributed by atoms with van der Waals surface area (Å²) in [5.41, 5.74) is 1.11. The number of hydrogen-bond donors (Lipinski definition) is 0. The van der Waals surface area contributed by atoms with E-state index in [9.17, 15) is 4.57 Å². The van der Waals surface area contributed by atoms with Gasteiger partial charge in [-0.3, -0.25) is 4.57 Å². The lowest BCUT2D eigenvalue weighted by atomic mass is 10.0. The molecular formula is C19H31O6P. The molecular weight excluding hydrogens is 355 g/mol. The minimum absolute atomic E-state index is 0.00579. The number of rotatable bonds is 12. The second kappa shape index (κ2) is 11.2. The van der Waals surface area contributed by atoms with Crippen molar-refractivity contribution in [3.05, 3.63) is 35.9 Å². The van der Waals surface area contributed by atoms with Gasteiger partial charge in [0.25, 0.3) is 0 Å². The molecule has 1 aliphatic rings. The predicted molar refractivity (Wildman–Crippen MR) is 100 cm³/mol. The van der Waals surface area contributed by atoms with Gasteiger partial charge in [-0.1, -0.05) is 30.3 Å². The molecule has 0 aliphatic carbocycles. The zero-order valence-electron chi connectivity index (χ0n) is 16.0. The van der Waals surface area contributed by atoms with Crippen LogP contribution in [0.5, 0.6) is 0 Å². The van der Waals surface area contributed by atoms with Gasteiger partial charge in [0.05, 0.1) is 38.7 Å². The van der Waals surface area contributed by atoms with Crippen LogP contribution in [0.2, 0.25) is 0 Å². The topological polar surface area (TPSA) is 63.2 Å². The van der Waals surface area contributed by atoms with Gasteiger partial charge in [0.15, 0.2) is 6.29 Å². The van der Waals surface area contributed by atoms with Gasteiger partial charge in [0.1, 0.15) is 0 Å². The van der Waals surface area contributed by atoms with E-state index in [1.807, 2.05) is 51.1 Å². The third-order valence-corrected chi connectivity index (χ3v) is 6.42. The van der Waals surface area contributed by atoms with Crippen molar-refractivity contribution in [2.45, 2.75) is 46.2 Å². The Labute approximate surface area is 156 Å². The first-order valence-corrected chi connectivity index (χ1v) is 11.1. The Morgan fingerprint density at radius 3 is 2.38 bits per heavy atom. The summed E-state index contributed by atoms with van der Waals surface area (Å²) in [6.07, 6.45) is 0.492. The van der Waals surface area contributed by atoms with Crippen LogP contribution in [-0.4, -0.2) is 45.0 Å². The average Bonchev–Trinajstić information content (AvgIpc) is 2.97. The van der Waals surface area contributed by atoms with Gasteiger partial charge >= 0.3 is 7.60 Å². The summed E-state index contributed by atoms with van der Waals surface area (Å²) >= 11 is 0. The first-order valence-electron chi connectivity index (χ1n) is 9.37. The average molecular weight is 386 g/mol. The van der Waals surface area contributed by atoms with E-state index >= 15 is 0 Å². The van der Waals surface area contributed by atoms with Gasteiger partial charge in [0.2, 0.25) is 0 Å². The second-order valence-corrected chi connectivity index (χ2v) is 8.29. The lowest BCUT2D eigenvalue weighted by Crippen LogP contribution is -2.26. The van der Waals surface area contributed by atoms with Crippen molar-refractivity contribution >= 4 is 7.60 Å². The predicted octanol–water partition coefficient (Wildman–Crippen LogP) is 4.24. The highest BCUT2D eigenvalue weighted by atomic mass is 31.2. The van der Waals surface area contributed by atoms with E-state index in [0.29, 0.717) is 45.6 Å². The molecule has 1 aromatic rings. The molecule has 1 saturated heterocycles. The maximum absolute atomic E-state index is 12.9. The number of benzene rings is 1. The number of hydrogen-bond acceptors (Lipinski definition) is 6. The molecule has 3 atom stereocenters. The van der Waals surface area contributed by atoms with Crippen LogP contribution in [0.3, 0.4) is 0 Å². The molecule has 1 heterocycles. The van der Waals surface area contributed by atoms with Crippen LogP contribution in [-0.2, 0) is 34.4 Å². The fourth-order valence-corrected chi connectivity index (χ4v) is 5.14. The first-order chi connectivity index (χ1) is 12.6. The monoisotopic (exact) mass is 386 g/mol. The summed E-state index contributed by atoms with van der Waals surface area (Å²) in [4.78, 5) is 0. The highest BCUT2D eigenvalue weighted by Crippen LogP contribution is 2.52. The second-order valence-electron chi connectivity index (χ2n) is 6.18. The Hall–Kier alpha value is -0.750. The van der Waals surface area contributed by atoms with Crippen LogP contribution in [0.1, 0.15) is 32.8 Å². The van der Waals surface area contributed by atoms with Gasteiger partial charge in [-0.15, -0.1) is 0 Å². The lowest BCUT2D eigenvalue weighted by Gasteiger charge is -2.23. The molecule has 0 bridgehead atoms. The molecule has 2 rings (SSSR count). The molecule has 0 radical (unpaired) electrons. The highest BCUT2D eigenvalue weighted by molar-refractivity contribution is 7.53.